The van der Waals surface area contributed by atoms with E-state index in [1.54, 1.807) is 12.1 Å². The Balaban J connectivity index is 2.07. The van der Waals surface area contributed by atoms with Gasteiger partial charge in [0.1, 0.15) is 10.6 Å². The maximum atomic E-state index is 12.8. The highest BCUT2D eigenvalue weighted by Gasteiger charge is 2.32. The van der Waals surface area contributed by atoms with Crippen LogP contribution in [-0.4, -0.2) is 31.0 Å². The van der Waals surface area contributed by atoms with Gasteiger partial charge in [0.05, 0.1) is 5.69 Å². The van der Waals surface area contributed by atoms with Crippen molar-refractivity contribution in [3.63, 3.8) is 0 Å². The van der Waals surface area contributed by atoms with Gasteiger partial charge in [-0.25, -0.2) is 13.2 Å². The van der Waals surface area contributed by atoms with Crippen LogP contribution < -0.4 is 4.31 Å². The molecule has 0 radical (unpaired) electrons. The Morgan fingerprint density at radius 3 is 2.77 bits per heavy atom. The number of H-pyrrole nitrogens is 1. The first-order chi connectivity index (χ1) is 10.4. The van der Waals surface area contributed by atoms with Crippen molar-refractivity contribution in [2.24, 2.45) is 5.92 Å². The molecule has 1 aromatic heterocycles. The molecule has 3 rings (SSSR count). The predicted molar refractivity (Wildman–Crippen MR) is 81.6 cm³/mol. The average molecular weight is 320 g/mol. The third kappa shape index (κ3) is 2.37. The van der Waals surface area contributed by atoms with E-state index in [-0.39, 0.29) is 16.5 Å². The zero-order chi connectivity index (χ0) is 15.9. The Labute approximate surface area is 128 Å². The lowest BCUT2D eigenvalue weighted by Crippen LogP contribution is -2.39. The van der Waals surface area contributed by atoms with Crippen LogP contribution in [0.15, 0.2) is 41.4 Å². The standard InChI is InChI=1S/C15H16N2O4S/c1-10-6-11-4-2-3-5-14(11)17(9-10)22(20,21)12-7-13(15(18)19)16-8-12/h2-5,7-8,10,16H,6,9H2,1H3,(H,18,19). The molecule has 6 nitrogen and oxygen atoms in total. The minimum absolute atomic E-state index is 0.0335. The van der Waals surface area contributed by atoms with Gasteiger partial charge in [0.25, 0.3) is 10.0 Å². The summed E-state index contributed by atoms with van der Waals surface area (Å²) < 4.78 is 27.1. The lowest BCUT2D eigenvalue weighted by Gasteiger charge is -2.33. The summed E-state index contributed by atoms with van der Waals surface area (Å²) in [6.45, 7) is 2.38. The maximum absolute atomic E-state index is 12.8. The molecule has 2 aromatic rings. The van der Waals surface area contributed by atoms with Crippen LogP contribution in [0.2, 0.25) is 0 Å². The summed E-state index contributed by atoms with van der Waals surface area (Å²) in [5.41, 5.74) is 1.51. The Morgan fingerprint density at radius 1 is 1.36 bits per heavy atom. The monoisotopic (exact) mass is 320 g/mol. The molecule has 0 fully saturated rings. The number of anilines is 1. The second-order valence-electron chi connectivity index (χ2n) is 5.53. The van der Waals surface area contributed by atoms with E-state index in [1.165, 1.54) is 10.5 Å². The van der Waals surface area contributed by atoms with Crippen molar-refractivity contribution in [3.05, 3.63) is 47.8 Å². The highest BCUT2D eigenvalue weighted by atomic mass is 32.2. The summed E-state index contributed by atoms with van der Waals surface area (Å²) in [7, 11) is -3.78. The number of benzene rings is 1. The summed E-state index contributed by atoms with van der Waals surface area (Å²) in [6.07, 6.45) is 2.05. The van der Waals surface area contributed by atoms with Gasteiger partial charge in [-0.05, 0) is 30.0 Å². The fourth-order valence-corrected chi connectivity index (χ4v) is 4.37. The van der Waals surface area contributed by atoms with E-state index in [9.17, 15) is 13.2 Å². The number of aromatic carboxylic acids is 1. The second kappa shape index (κ2) is 5.17. The molecule has 0 saturated carbocycles. The molecule has 1 aliphatic rings. The van der Waals surface area contributed by atoms with Gasteiger partial charge < -0.3 is 10.1 Å². The molecule has 7 heteroatoms. The van der Waals surface area contributed by atoms with Crippen LogP contribution in [0.4, 0.5) is 5.69 Å². The van der Waals surface area contributed by atoms with Gasteiger partial charge in [-0.3, -0.25) is 4.31 Å². The van der Waals surface area contributed by atoms with Crippen molar-refractivity contribution >= 4 is 21.7 Å². The van der Waals surface area contributed by atoms with E-state index >= 15 is 0 Å². The van der Waals surface area contributed by atoms with Gasteiger partial charge in [-0.2, -0.15) is 0 Å². The predicted octanol–water partition coefficient (Wildman–Crippen LogP) is 2.10. The van der Waals surface area contributed by atoms with Crippen LogP contribution in [0, 0.1) is 5.92 Å². The molecule has 1 aliphatic heterocycles. The molecule has 0 saturated heterocycles. The number of sulfonamides is 1. The van der Waals surface area contributed by atoms with Gasteiger partial charge in [-0.15, -0.1) is 0 Å². The summed E-state index contributed by atoms with van der Waals surface area (Å²) in [6, 6.07) is 8.55. The molecule has 0 spiro atoms. The van der Waals surface area contributed by atoms with Crippen LogP contribution in [0.5, 0.6) is 0 Å². The zero-order valence-electron chi connectivity index (χ0n) is 12.0. The smallest absolute Gasteiger partial charge is 0.352 e. The number of carboxylic acids is 1. The number of para-hydroxylation sites is 1. The Morgan fingerprint density at radius 2 is 2.09 bits per heavy atom. The topological polar surface area (TPSA) is 90.5 Å². The quantitative estimate of drug-likeness (QED) is 0.906. The molecular weight excluding hydrogens is 304 g/mol. The Bertz CT molecular complexity index is 826. The van der Waals surface area contributed by atoms with Gasteiger partial charge >= 0.3 is 5.97 Å². The SMILES string of the molecule is CC1Cc2ccccc2N(S(=O)(=O)c2c[nH]c(C(=O)O)c2)C1. The molecular formula is C15H16N2O4S. The molecule has 0 bridgehead atoms. The van der Waals surface area contributed by atoms with Crippen molar-refractivity contribution in [1.82, 2.24) is 4.98 Å². The van der Waals surface area contributed by atoms with Crippen LogP contribution in [0.3, 0.4) is 0 Å². The first kappa shape index (κ1) is 14.6. The number of carbonyl (C=O) groups is 1. The highest BCUT2D eigenvalue weighted by Crippen LogP contribution is 2.33. The molecule has 1 atom stereocenters. The van der Waals surface area contributed by atoms with E-state index in [1.807, 2.05) is 19.1 Å². The first-order valence-corrected chi connectivity index (χ1v) is 8.36. The van der Waals surface area contributed by atoms with Crippen molar-refractivity contribution < 1.29 is 18.3 Å². The van der Waals surface area contributed by atoms with Crippen molar-refractivity contribution in [2.45, 2.75) is 18.2 Å². The van der Waals surface area contributed by atoms with Gasteiger partial charge in [0.15, 0.2) is 0 Å². The number of nitrogens with zero attached hydrogens (tertiary/aromatic N) is 1. The van der Waals surface area contributed by atoms with E-state index in [0.29, 0.717) is 12.2 Å². The van der Waals surface area contributed by atoms with Crippen LogP contribution in [-0.2, 0) is 16.4 Å². The lowest BCUT2D eigenvalue weighted by atomic mass is 9.96. The largest absolute Gasteiger partial charge is 0.477 e. The maximum Gasteiger partial charge on any atom is 0.352 e. The van der Waals surface area contributed by atoms with Crippen molar-refractivity contribution in [1.29, 1.82) is 0 Å². The third-order valence-electron chi connectivity index (χ3n) is 3.78. The zero-order valence-corrected chi connectivity index (χ0v) is 12.8. The van der Waals surface area contributed by atoms with Gasteiger partial charge in [0.2, 0.25) is 0 Å². The minimum atomic E-state index is -3.78. The number of rotatable bonds is 3. The molecule has 0 amide bonds. The fourth-order valence-electron chi connectivity index (χ4n) is 2.75. The highest BCUT2D eigenvalue weighted by molar-refractivity contribution is 7.92. The van der Waals surface area contributed by atoms with Crippen molar-refractivity contribution in [2.75, 3.05) is 10.8 Å². The number of nitrogens with one attached hydrogen (secondary N) is 1. The van der Waals surface area contributed by atoms with Gasteiger partial charge in [-0.1, -0.05) is 25.1 Å². The number of fused-ring (bicyclic) bond motifs is 1. The number of carboxylic acid groups (broad SMARTS) is 1. The number of hydrogen-bond acceptors (Lipinski definition) is 3. The van der Waals surface area contributed by atoms with Crippen LogP contribution in [0.25, 0.3) is 0 Å². The minimum Gasteiger partial charge on any atom is -0.477 e. The normalized spacial score (nSPS) is 18.0. The average Bonchev–Trinajstić information content (AvgIpc) is 2.97. The number of aromatic amines is 1. The van der Waals surface area contributed by atoms with Crippen molar-refractivity contribution in [3.8, 4) is 0 Å². The third-order valence-corrected chi connectivity index (χ3v) is 5.54. The van der Waals surface area contributed by atoms with Gasteiger partial charge in [0, 0.05) is 12.7 Å². The molecule has 1 aromatic carbocycles. The van der Waals surface area contributed by atoms with Crippen LogP contribution in [0.1, 0.15) is 23.0 Å². The molecule has 1 unspecified atom stereocenters. The molecule has 0 aliphatic carbocycles. The lowest BCUT2D eigenvalue weighted by molar-refractivity contribution is 0.0691. The Kier molecular flexibility index (Phi) is 3.44. The van der Waals surface area contributed by atoms with E-state index in [4.69, 9.17) is 5.11 Å². The fraction of sp³-hybridized carbons (Fsp3) is 0.267. The summed E-state index contributed by atoms with van der Waals surface area (Å²) in [5, 5.41) is 8.93. The Hall–Kier alpha value is -2.28. The molecule has 22 heavy (non-hydrogen) atoms. The second-order valence-corrected chi connectivity index (χ2v) is 7.39. The van der Waals surface area contributed by atoms with E-state index in [0.717, 1.165) is 18.1 Å². The van der Waals surface area contributed by atoms with E-state index in [2.05, 4.69) is 4.98 Å². The molecule has 2 N–H and O–H groups in total. The summed E-state index contributed by atoms with van der Waals surface area (Å²) >= 11 is 0. The summed E-state index contributed by atoms with van der Waals surface area (Å²) in [5.74, 6) is -0.989. The van der Waals surface area contributed by atoms with E-state index < -0.39 is 16.0 Å². The number of aromatic nitrogens is 1. The first-order valence-electron chi connectivity index (χ1n) is 6.92. The molecule has 116 valence electrons. The molecule has 2 heterocycles. The van der Waals surface area contributed by atoms with Crippen LogP contribution >= 0.6 is 0 Å². The number of hydrogen-bond donors (Lipinski definition) is 2. The summed E-state index contributed by atoms with van der Waals surface area (Å²) in [4.78, 5) is 13.4.